The van der Waals surface area contributed by atoms with E-state index < -0.39 is 0 Å². The van der Waals surface area contributed by atoms with Crippen LogP contribution in [0.15, 0.2) is 41.1 Å². The average Bonchev–Trinajstić information content (AvgIpc) is 2.98. The van der Waals surface area contributed by atoms with Crippen molar-refractivity contribution in [2.45, 2.75) is 13.1 Å². The Hall–Kier alpha value is -2.14. The monoisotopic (exact) mass is 228 g/mol. The SMILES string of the molecule is NCc1nc2cccnc2n1Cc1ccco1. The third-order valence-corrected chi connectivity index (χ3v) is 2.66. The van der Waals surface area contributed by atoms with Crippen molar-refractivity contribution in [1.29, 1.82) is 0 Å². The van der Waals surface area contributed by atoms with Gasteiger partial charge in [-0.25, -0.2) is 9.97 Å². The first kappa shape index (κ1) is 10.0. The van der Waals surface area contributed by atoms with Crippen LogP contribution < -0.4 is 5.73 Å². The van der Waals surface area contributed by atoms with Crippen molar-refractivity contribution in [3.05, 3.63) is 48.3 Å². The first-order chi connectivity index (χ1) is 8.38. The molecule has 0 saturated carbocycles. The molecule has 17 heavy (non-hydrogen) atoms. The van der Waals surface area contributed by atoms with Crippen LogP contribution >= 0.6 is 0 Å². The number of rotatable bonds is 3. The van der Waals surface area contributed by atoms with Crippen LogP contribution in [-0.2, 0) is 13.1 Å². The summed E-state index contributed by atoms with van der Waals surface area (Å²) in [5, 5.41) is 0. The lowest BCUT2D eigenvalue weighted by Gasteiger charge is -2.04. The van der Waals surface area contributed by atoms with Gasteiger partial charge < -0.3 is 14.7 Å². The van der Waals surface area contributed by atoms with Crippen molar-refractivity contribution in [1.82, 2.24) is 14.5 Å². The molecule has 3 heterocycles. The smallest absolute Gasteiger partial charge is 0.160 e. The highest BCUT2D eigenvalue weighted by Gasteiger charge is 2.11. The van der Waals surface area contributed by atoms with Gasteiger partial charge in [0.1, 0.15) is 17.1 Å². The molecule has 0 unspecified atom stereocenters. The summed E-state index contributed by atoms with van der Waals surface area (Å²) in [5.41, 5.74) is 7.40. The van der Waals surface area contributed by atoms with Crippen LogP contribution in [0.3, 0.4) is 0 Å². The van der Waals surface area contributed by atoms with Gasteiger partial charge in [-0.2, -0.15) is 0 Å². The minimum atomic E-state index is 0.386. The Morgan fingerprint density at radius 1 is 1.29 bits per heavy atom. The van der Waals surface area contributed by atoms with E-state index in [1.807, 2.05) is 28.8 Å². The standard InChI is InChI=1S/C12H12N4O/c13-7-11-15-10-4-1-5-14-12(10)16(11)8-9-3-2-6-17-9/h1-6H,7-8,13H2. The van der Waals surface area contributed by atoms with Gasteiger partial charge in [0.05, 0.1) is 19.4 Å². The molecule has 3 aromatic rings. The predicted molar refractivity (Wildman–Crippen MR) is 63.2 cm³/mol. The van der Waals surface area contributed by atoms with Crippen molar-refractivity contribution in [3.63, 3.8) is 0 Å². The lowest BCUT2D eigenvalue weighted by molar-refractivity contribution is 0.491. The fourth-order valence-corrected chi connectivity index (χ4v) is 1.89. The van der Waals surface area contributed by atoms with E-state index in [1.54, 1.807) is 12.5 Å². The molecule has 0 aliphatic rings. The second kappa shape index (κ2) is 4.03. The van der Waals surface area contributed by atoms with Crippen molar-refractivity contribution >= 4 is 11.2 Å². The summed E-state index contributed by atoms with van der Waals surface area (Å²) in [6.07, 6.45) is 3.41. The zero-order chi connectivity index (χ0) is 11.7. The maximum Gasteiger partial charge on any atom is 0.160 e. The number of furan rings is 1. The van der Waals surface area contributed by atoms with Crippen LogP contribution in [0, 0.1) is 0 Å². The van der Waals surface area contributed by atoms with Crippen LogP contribution in [-0.4, -0.2) is 14.5 Å². The van der Waals surface area contributed by atoms with Gasteiger partial charge in [0.15, 0.2) is 5.65 Å². The number of aromatic nitrogens is 3. The summed E-state index contributed by atoms with van der Waals surface area (Å²) in [6.45, 7) is 0.990. The molecule has 0 fully saturated rings. The molecular weight excluding hydrogens is 216 g/mol. The summed E-state index contributed by atoms with van der Waals surface area (Å²) in [6, 6.07) is 7.59. The van der Waals surface area contributed by atoms with E-state index in [-0.39, 0.29) is 0 Å². The quantitative estimate of drug-likeness (QED) is 0.738. The van der Waals surface area contributed by atoms with Crippen LogP contribution in [0.5, 0.6) is 0 Å². The van der Waals surface area contributed by atoms with Gasteiger partial charge in [-0.3, -0.25) is 0 Å². The van der Waals surface area contributed by atoms with Gasteiger partial charge in [-0.05, 0) is 24.3 Å². The first-order valence-electron chi connectivity index (χ1n) is 5.41. The first-order valence-corrected chi connectivity index (χ1v) is 5.41. The molecule has 5 heteroatoms. The third kappa shape index (κ3) is 1.70. The topological polar surface area (TPSA) is 69.9 Å². The van der Waals surface area contributed by atoms with Crippen molar-refractivity contribution in [2.75, 3.05) is 0 Å². The van der Waals surface area contributed by atoms with Crippen LogP contribution in [0.4, 0.5) is 0 Å². The summed E-state index contributed by atoms with van der Waals surface area (Å²) in [7, 11) is 0. The second-order valence-electron chi connectivity index (χ2n) is 3.74. The highest BCUT2D eigenvalue weighted by atomic mass is 16.3. The summed E-state index contributed by atoms with van der Waals surface area (Å²) in [4.78, 5) is 8.78. The Labute approximate surface area is 97.9 Å². The van der Waals surface area contributed by atoms with E-state index in [1.165, 1.54) is 0 Å². The zero-order valence-corrected chi connectivity index (χ0v) is 9.21. The predicted octanol–water partition coefficient (Wildman–Crippen LogP) is 1.53. The van der Waals surface area contributed by atoms with Gasteiger partial charge in [-0.15, -0.1) is 0 Å². The highest BCUT2D eigenvalue weighted by Crippen LogP contribution is 2.15. The van der Waals surface area contributed by atoms with Crippen molar-refractivity contribution in [3.8, 4) is 0 Å². The number of nitrogens with two attached hydrogens (primary N) is 1. The van der Waals surface area contributed by atoms with Gasteiger partial charge in [-0.1, -0.05) is 0 Å². The average molecular weight is 228 g/mol. The van der Waals surface area contributed by atoms with E-state index in [2.05, 4.69) is 9.97 Å². The Morgan fingerprint density at radius 2 is 2.24 bits per heavy atom. The Morgan fingerprint density at radius 3 is 3.00 bits per heavy atom. The molecule has 0 saturated heterocycles. The minimum absolute atomic E-state index is 0.386. The summed E-state index contributed by atoms with van der Waals surface area (Å²) >= 11 is 0. The minimum Gasteiger partial charge on any atom is -0.467 e. The van der Waals surface area contributed by atoms with Gasteiger partial charge >= 0.3 is 0 Å². The number of pyridine rings is 1. The van der Waals surface area contributed by atoms with Gasteiger partial charge in [0, 0.05) is 6.20 Å². The van der Waals surface area contributed by atoms with E-state index in [0.717, 1.165) is 22.7 Å². The molecule has 0 spiro atoms. The summed E-state index contributed by atoms with van der Waals surface area (Å²) < 4.78 is 7.32. The Balaban J connectivity index is 2.12. The molecule has 0 radical (unpaired) electrons. The molecule has 0 atom stereocenters. The molecule has 0 aromatic carbocycles. The molecule has 2 N–H and O–H groups in total. The van der Waals surface area contributed by atoms with E-state index >= 15 is 0 Å². The van der Waals surface area contributed by atoms with Gasteiger partial charge in [0.2, 0.25) is 0 Å². The van der Waals surface area contributed by atoms with Crippen LogP contribution in [0.1, 0.15) is 11.6 Å². The second-order valence-corrected chi connectivity index (χ2v) is 3.74. The van der Waals surface area contributed by atoms with Crippen LogP contribution in [0.25, 0.3) is 11.2 Å². The Bertz CT molecular complexity index is 627. The molecule has 0 aliphatic heterocycles. The summed E-state index contributed by atoms with van der Waals surface area (Å²) in [5.74, 6) is 1.68. The Kier molecular flexibility index (Phi) is 2.38. The maximum absolute atomic E-state index is 5.70. The number of hydrogen-bond acceptors (Lipinski definition) is 4. The number of imidazole rings is 1. The number of hydrogen-bond donors (Lipinski definition) is 1. The lowest BCUT2D eigenvalue weighted by atomic mass is 10.4. The van der Waals surface area contributed by atoms with Gasteiger partial charge in [0.25, 0.3) is 0 Å². The maximum atomic E-state index is 5.70. The molecular formula is C12H12N4O. The number of fused-ring (bicyclic) bond motifs is 1. The van der Waals surface area contributed by atoms with Crippen molar-refractivity contribution < 1.29 is 4.42 Å². The normalized spacial score (nSPS) is 11.1. The van der Waals surface area contributed by atoms with Crippen molar-refractivity contribution in [2.24, 2.45) is 5.73 Å². The fraction of sp³-hybridized carbons (Fsp3) is 0.167. The molecule has 0 bridgehead atoms. The lowest BCUT2D eigenvalue weighted by Crippen LogP contribution is -2.09. The molecule has 5 nitrogen and oxygen atoms in total. The van der Waals surface area contributed by atoms with E-state index in [9.17, 15) is 0 Å². The molecule has 0 amide bonds. The number of nitrogens with zero attached hydrogens (tertiary/aromatic N) is 3. The molecule has 3 aromatic heterocycles. The highest BCUT2D eigenvalue weighted by molar-refractivity contribution is 5.71. The molecule has 3 rings (SSSR count). The largest absolute Gasteiger partial charge is 0.467 e. The fourth-order valence-electron chi connectivity index (χ4n) is 1.89. The molecule has 86 valence electrons. The van der Waals surface area contributed by atoms with E-state index in [0.29, 0.717) is 13.1 Å². The third-order valence-electron chi connectivity index (χ3n) is 2.66. The zero-order valence-electron chi connectivity index (χ0n) is 9.21. The van der Waals surface area contributed by atoms with Crippen LogP contribution in [0.2, 0.25) is 0 Å². The molecule has 0 aliphatic carbocycles. The van der Waals surface area contributed by atoms with E-state index in [4.69, 9.17) is 10.2 Å².